The maximum Gasteiger partial charge on any atom is 0.137 e. The molecule has 0 aliphatic rings. The van der Waals surface area contributed by atoms with Crippen molar-refractivity contribution in [3.8, 4) is 22.5 Å². The van der Waals surface area contributed by atoms with Gasteiger partial charge in [0.2, 0.25) is 0 Å². The summed E-state index contributed by atoms with van der Waals surface area (Å²) < 4.78 is 14.0. The predicted molar refractivity (Wildman–Crippen MR) is 330 cm³/mol. The molecule has 366 valence electrons. The topological polar surface area (TPSA) is 29.5 Å². The van der Waals surface area contributed by atoms with Crippen molar-refractivity contribution in [1.29, 1.82) is 0 Å². The van der Waals surface area contributed by atoms with Crippen LogP contribution in [-0.4, -0.2) is 9.13 Å². The summed E-state index contributed by atoms with van der Waals surface area (Å²) >= 11 is 1.87. The Morgan fingerprint density at radius 2 is 0.821 bits per heavy atom. The van der Waals surface area contributed by atoms with Gasteiger partial charge in [-0.1, -0.05) is 158 Å². The van der Waals surface area contributed by atoms with Crippen molar-refractivity contribution in [3.63, 3.8) is 0 Å². The fraction of sp³-hybridized carbons (Fsp3) is 0. The van der Waals surface area contributed by atoms with Crippen LogP contribution in [0.2, 0.25) is 0 Å². The molecular formula is C72H46N4OS. The summed E-state index contributed by atoms with van der Waals surface area (Å²) in [5, 5.41) is 9.70. The molecule has 0 aliphatic carbocycles. The number of anilines is 6. The van der Waals surface area contributed by atoms with E-state index in [1.165, 1.54) is 58.3 Å². The molecule has 0 amide bonds. The van der Waals surface area contributed by atoms with Gasteiger partial charge in [0, 0.05) is 99.2 Å². The molecule has 0 bridgehead atoms. The molecule has 0 radical (unpaired) electrons. The molecule has 0 fully saturated rings. The second kappa shape index (κ2) is 17.7. The maximum absolute atomic E-state index is 6.57. The highest BCUT2D eigenvalue weighted by Crippen LogP contribution is 2.48. The molecule has 6 heteroatoms. The average molecular weight is 1020 g/mol. The smallest absolute Gasteiger partial charge is 0.137 e. The molecule has 5 nitrogen and oxygen atoms in total. The SMILES string of the molecule is c1ccc(N(c2ccc(-c3ccccc3N(c3ccccc3)c3ccc4c5ccc6c7ccccc7sc6c5n(-c5ccc6c(c5)oc5ccccc56)c4c3)cc2)c2ccc(-n3c4ccccc4c4ccccc43)cc2)cc1. The molecule has 0 saturated carbocycles. The van der Waals surface area contributed by atoms with E-state index in [4.69, 9.17) is 4.42 Å². The van der Waals surface area contributed by atoms with Gasteiger partial charge in [0.25, 0.3) is 0 Å². The number of rotatable bonds is 9. The first-order chi connectivity index (χ1) is 38.7. The zero-order valence-corrected chi connectivity index (χ0v) is 43.0. The highest BCUT2D eigenvalue weighted by Gasteiger charge is 2.24. The Morgan fingerprint density at radius 1 is 0.308 bits per heavy atom. The third-order valence-corrected chi connectivity index (χ3v) is 16.9. The number of fused-ring (bicyclic) bond motifs is 13. The molecule has 12 aromatic carbocycles. The van der Waals surface area contributed by atoms with E-state index in [-0.39, 0.29) is 0 Å². The number of hydrogen-bond acceptors (Lipinski definition) is 4. The van der Waals surface area contributed by atoms with E-state index in [1.807, 2.05) is 17.4 Å². The van der Waals surface area contributed by atoms with Gasteiger partial charge in [-0.3, -0.25) is 0 Å². The van der Waals surface area contributed by atoms with Crippen molar-refractivity contribution in [1.82, 2.24) is 9.13 Å². The van der Waals surface area contributed by atoms with Gasteiger partial charge in [0.15, 0.2) is 0 Å². The summed E-state index contributed by atoms with van der Waals surface area (Å²) in [6.45, 7) is 0. The number of thiophene rings is 1. The quantitative estimate of drug-likeness (QED) is 0.144. The van der Waals surface area contributed by atoms with E-state index < -0.39 is 0 Å². The summed E-state index contributed by atoms with van der Waals surface area (Å²) in [7, 11) is 0. The third-order valence-electron chi connectivity index (χ3n) is 15.7. The van der Waals surface area contributed by atoms with Crippen LogP contribution in [-0.2, 0) is 0 Å². The molecule has 16 rings (SSSR count). The van der Waals surface area contributed by atoms with Gasteiger partial charge in [0.05, 0.1) is 32.5 Å². The van der Waals surface area contributed by atoms with Crippen molar-refractivity contribution in [2.75, 3.05) is 9.80 Å². The van der Waals surface area contributed by atoms with E-state index in [0.717, 1.165) is 84.1 Å². The summed E-state index contributed by atoms with van der Waals surface area (Å²) in [4.78, 5) is 4.76. The number of furan rings is 1. The van der Waals surface area contributed by atoms with Crippen LogP contribution in [0.15, 0.2) is 283 Å². The van der Waals surface area contributed by atoms with Crippen molar-refractivity contribution in [2.45, 2.75) is 0 Å². The van der Waals surface area contributed by atoms with Crippen molar-refractivity contribution >= 4 is 131 Å². The van der Waals surface area contributed by atoms with Crippen LogP contribution in [0.5, 0.6) is 0 Å². The van der Waals surface area contributed by atoms with E-state index in [1.54, 1.807) is 0 Å². The number of benzene rings is 12. The number of hydrogen-bond donors (Lipinski definition) is 0. The number of nitrogens with zero attached hydrogens (tertiary/aromatic N) is 4. The van der Waals surface area contributed by atoms with Gasteiger partial charge in [-0.25, -0.2) is 0 Å². The average Bonchev–Trinajstić information content (AvgIpc) is 4.42. The molecule has 0 N–H and O–H groups in total. The standard InChI is InChI=1S/C72H46N4OS/c1-3-17-48(18-4-1)73(51-35-37-52(38-36-51)75-65-27-13-8-22-56(65)57-23-9-14-28-66(57)75)50-33-31-47(32-34-50)55-21-7-12-26-64(55)74(49-19-5-2-6-20-49)53-39-41-58-62-43-44-63-61-25-11-16-30-70(61)78-72(63)71(62)76(67(58)45-53)54-40-42-60-59-24-10-15-29-68(59)77-69(60)46-54/h1-46H. The van der Waals surface area contributed by atoms with Gasteiger partial charge in [-0.05, 0) is 121 Å². The monoisotopic (exact) mass is 1010 g/mol. The highest BCUT2D eigenvalue weighted by molar-refractivity contribution is 7.26. The first-order valence-corrected chi connectivity index (χ1v) is 27.3. The Balaban J connectivity index is 0.829. The number of para-hydroxylation sites is 6. The lowest BCUT2D eigenvalue weighted by molar-refractivity contribution is 0.668. The second-order valence-corrected chi connectivity index (χ2v) is 21.1. The van der Waals surface area contributed by atoms with Gasteiger partial charge in [-0.2, -0.15) is 0 Å². The maximum atomic E-state index is 6.57. The van der Waals surface area contributed by atoms with Gasteiger partial charge >= 0.3 is 0 Å². The van der Waals surface area contributed by atoms with Gasteiger partial charge < -0.3 is 23.4 Å². The Labute approximate surface area is 453 Å². The molecule has 4 aromatic heterocycles. The molecule has 0 unspecified atom stereocenters. The Hall–Kier alpha value is -10.1. The van der Waals surface area contributed by atoms with Crippen LogP contribution >= 0.6 is 11.3 Å². The zero-order valence-electron chi connectivity index (χ0n) is 42.2. The first kappa shape index (κ1) is 44.2. The summed E-state index contributed by atoms with van der Waals surface area (Å²) in [5.41, 5.74) is 17.3. The second-order valence-electron chi connectivity index (χ2n) is 20.0. The summed E-state index contributed by atoms with van der Waals surface area (Å²) in [5.74, 6) is 0. The lowest BCUT2D eigenvalue weighted by Gasteiger charge is -2.28. The van der Waals surface area contributed by atoms with Crippen molar-refractivity contribution < 1.29 is 4.42 Å². The Morgan fingerprint density at radius 3 is 1.56 bits per heavy atom. The molecule has 0 atom stereocenters. The molecular weight excluding hydrogens is 969 g/mol. The highest BCUT2D eigenvalue weighted by atomic mass is 32.1. The summed E-state index contributed by atoms with van der Waals surface area (Å²) in [6.07, 6.45) is 0. The minimum atomic E-state index is 0.870. The molecule has 0 aliphatic heterocycles. The van der Waals surface area contributed by atoms with Crippen LogP contribution < -0.4 is 9.80 Å². The first-order valence-electron chi connectivity index (χ1n) is 26.5. The molecule has 0 spiro atoms. The normalized spacial score (nSPS) is 11.8. The molecule has 4 heterocycles. The lowest BCUT2D eigenvalue weighted by Crippen LogP contribution is -2.11. The fourth-order valence-electron chi connectivity index (χ4n) is 12.2. The Bertz CT molecular complexity index is 4920. The van der Waals surface area contributed by atoms with Crippen molar-refractivity contribution in [2.24, 2.45) is 0 Å². The third kappa shape index (κ3) is 6.94. The van der Waals surface area contributed by atoms with Crippen LogP contribution in [0, 0.1) is 0 Å². The van der Waals surface area contributed by atoms with Crippen molar-refractivity contribution in [3.05, 3.63) is 279 Å². The van der Waals surface area contributed by atoms with Crippen LogP contribution in [0.3, 0.4) is 0 Å². The number of aromatic nitrogens is 2. The van der Waals surface area contributed by atoms with Crippen LogP contribution in [0.1, 0.15) is 0 Å². The lowest BCUT2D eigenvalue weighted by atomic mass is 10.0. The van der Waals surface area contributed by atoms with Crippen LogP contribution in [0.4, 0.5) is 34.1 Å². The van der Waals surface area contributed by atoms with E-state index >= 15 is 0 Å². The van der Waals surface area contributed by atoms with Gasteiger partial charge in [0.1, 0.15) is 11.2 Å². The van der Waals surface area contributed by atoms with E-state index in [0.29, 0.717) is 0 Å². The molecule has 78 heavy (non-hydrogen) atoms. The predicted octanol–water partition coefficient (Wildman–Crippen LogP) is 20.8. The minimum absolute atomic E-state index is 0.870. The minimum Gasteiger partial charge on any atom is -0.456 e. The zero-order chi connectivity index (χ0) is 51.3. The van der Waals surface area contributed by atoms with E-state index in [2.05, 4.69) is 292 Å². The largest absolute Gasteiger partial charge is 0.456 e. The summed E-state index contributed by atoms with van der Waals surface area (Å²) in [6, 6.07) is 101. The van der Waals surface area contributed by atoms with Crippen LogP contribution in [0.25, 0.3) is 108 Å². The molecule has 16 aromatic rings. The Kier molecular flexibility index (Phi) is 10.0. The van der Waals surface area contributed by atoms with E-state index in [9.17, 15) is 0 Å². The van der Waals surface area contributed by atoms with Gasteiger partial charge in [-0.15, -0.1) is 11.3 Å². The molecule has 0 saturated heterocycles. The fourth-order valence-corrected chi connectivity index (χ4v) is 13.5.